The number of benzene rings is 2. The number of nitrogen functional groups attached to an aromatic ring is 1. The highest BCUT2D eigenvalue weighted by molar-refractivity contribution is 5.91. The quantitative estimate of drug-likeness (QED) is 0.337. The third-order valence-corrected chi connectivity index (χ3v) is 6.67. The van der Waals surface area contributed by atoms with Crippen molar-refractivity contribution in [3.63, 3.8) is 0 Å². The number of anilines is 3. The fraction of sp³-hybridized carbons (Fsp3) is 0.393. The molecule has 7 nitrogen and oxygen atoms in total. The first-order valence-corrected chi connectivity index (χ1v) is 12.5. The summed E-state index contributed by atoms with van der Waals surface area (Å²) in [5.41, 5.74) is 11.5. The molecule has 0 amide bonds. The summed E-state index contributed by atoms with van der Waals surface area (Å²) in [6.07, 6.45) is 8.15. The number of rotatable bonds is 9. The minimum Gasteiger partial charge on any atom is -0.462 e. The molecule has 1 saturated carbocycles. The summed E-state index contributed by atoms with van der Waals surface area (Å²) in [7, 11) is 0. The van der Waals surface area contributed by atoms with Crippen LogP contribution < -0.4 is 16.4 Å². The van der Waals surface area contributed by atoms with E-state index in [1.54, 1.807) is 12.3 Å². The summed E-state index contributed by atoms with van der Waals surface area (Å²) >= 11 is 0. The van der Waals surface area contributed by atoms with Crippen LogP contribution in [0.15, 0.2) is 48.7 Å². The number of nitrogens with zero attached hydrogens (tertiary/aromatic N) is 2. The minimum atomic E-state index is -0.307. The normalized spacial score (nSPS) is 13.9. The molecule has 0 spiro atoms. The number of hydrogen-bond acceptors (Lipinski definition) is 7. The van der Waals surface area contributed by atoms with Gasteiger partial charge in [-0.2, -0.15) is 4.98 Å². The lowest BCUT2D eigenvalue weighted by Gasteiger charge is -2.22. The number of nitrogens with two attached hydrogens (primary N) is 1. The fourth-order valence-corrected chi connectivity index (χ4v) is 4.64. The van der Waals surface area contributed by atoms with Crippen molar-refractivity contribution in [2.24, 2.45) is 5.92 Å². The van der Waals surface area contributed by atoms with Crippen molar-refractivity contribution < 1.29 is 9.53 Å². The van der Waals surface area contributed by atoms with Crippen LogP contribution >= 0.6 is 0 Å². The Hall–Kier alpha value is -3.61. The first-order chi connectivity index (χ1) is 17.0. The smallest absolute Gasteiger partial charge is 0.338 e. The number of nitrogens with one attached hydrogen (secondary N) is 2. The molecule has 2 aromatic carbocycles. The molecule has 3 aromatic rings. The molecule has 7 heteroatoms. The Morgan fingerprint density at radius 2 is 1.91 bits per heavy atom. The van der Waals surface area contributed by atoms with Gasteiger partial charge in [0.05, 0.1) is 24.1 Å². The Bertz CT molecular complexity index is 1160. The molecule has 4 N–H and O–H groups in total. The molecule has 0 atom stereocenters. The van der Waals surface area contributed by atoms with Gasteiger partial charge in [0.25, 0.3) is 0 Å². The van der Waals surface area contributed by atoms with E-state index < -0.39 is 0 Å². The Kier molecular flexibility index (Phi) is 8.19. The van der Waals surface area contributed by atoms with Gasteiger partial charge < -0.3 is 21.1 Å². The second kappa shape index (κ2) is 11.7. The molecule has 0 bridgehead atoms. The lowest BCUT2D eigenvalue weighted by Crippen LogP contribution is -2.19. The number of aromatic nitrogens is 2. The van der Waals surface area contributed by atoms with Crippen LogP contribution in [0.4, 0.5) is 17.5 Å². The summed E-state index contributed by atoms with van der Waals surface area (Å²) in [6.45, 7) is 5.72. The summed E-state index contributed by atoms with van der Waals surface area (Å²) in [5, 5.41) is 6.77. The van der Waals surface area contributed by atoms with E-state index in [0.717, 1.165) is 28.8 Å². The number of ether oxygens (including phenoxy) is 1. The van der Waals surface area contributed by atoms with Gasteiger partial charge in [0.15, 0.2) is 5.82 Å². The first kappa shape index (κ1) is 24.5. The first-order valence-electron chi connectivity index (χ1n) is 12.5. The highest BCUT2D eigenvalue weighted by Gasteiger charge is 2.15. The fourth-order valence-electron chi connectivity index (χ4n) is 4.64. The second-order valence-corrected chi connectivity index (χ2v) is 9.13. The molecule has 1 aliphatic rings. The van der Waals surface area contributed by atoms with Gasteiger partial charge in [-0.1, -0.05) is 49.6 Å². The molecular formula is C28H35N5O2. The van der Waals surface area contributed by atoms with Crippen molar-refractivity contribution in [1.82, 2.24) is 9.97 Å². The molecule has 1 aromatic heterocycles. The van der Waals surface area contributed by atoms with E-state index in [0.29, 0.717) is 42.1 Å². The maximum Gasteiger partial charge on any atom is 0.338 e. The van der Waals surface area contributed by atoms with Crippen molar-refractivity contribution in [1.29, 1.82) is 0 Å². The lowest BCUT2D eigenvalue weighted by molar-refractivity contribution is 0.0526. The van der Waals surface area contributed by atoms with Crippen LogP contribution in [-0.2, 0) is 11.3 Å². The van der Waals surface area contributed by atoms with Crippen LogP contribution in [0.2, 0.25) is 0 Å². The summed E-state index contributed by atoms with van der Waals surface area (Å²) < 4.78 is 5.15. The number of hydrogen-bond donors (Lipinski definition) is 3. The van der Waals surface area contributed by atoms with E-state index in [-0.39, 0.29) is 5.97 Å². The third kappa shape index (κ3) is 6.29. The van der Waals surface area contributed by atoms with E-state index in [4.69, 9.17) is 10.5 Å². The van der Waals surface area contributed by atoms with Crippen molar-refractivity contribution >= 4 is 23.4 Å². The Labute approximate surface area is 207 Å². The zero-order chi connectivity index (χ0) is 24.6. The zero-order valence-corrected chi connectivity index (χ0v) is 20.6. The predicted molar refractivity (Wildman–Crippen MR) is 141 cm³/mol. The standard InChI is InChI=1S/C28H35N5O2/c1-3-35-27(34)22-12-7-11-21(15-22)24-14-8-13-23(19(24)2)17-31-28-32-18-25(29)26(33-28)30-16-20-9-5-4-6-10-20/h7-8,11-15,18,20H,3-6,9-10,16-17,29H2,1-2H3,(H2,30,31,32,33). The number of esters is 1. The highest BCUT2D eigenvalue weighted by Crippen LogP contribution is 2.28. The van der Waals surface area contributed by atoms with E-state index >= 15 is 0 Å². The van der Waals surface area contributed by atoms with Crippen LogP contribution in [0.1, 0.15) is 60.5 Å². The zero-order valence-electron chi connectivity index (χ0n) is 20.6. The molecule has 0 aliphatic heterocycles. The molecule has 0 unspecified atom stereocenters. The third-order valence-electron chi connectivity index (χ3n) is 6.67. The molecule has 35 heavy (non-hydrogen) atoms. The summed E-state index contributed by atoms with van der Waals surface area (Å²) in [4.78, 5) is 21.2. The molecular weight excluding hydrogens is 438 g/mol. The molecule has 0 saturated heterocycles. The van der Waals surface area contributed by atoms with Gasteiger partial charge in [0.2, 0.25) is 5.95 Å². The van der Waals surface area contributed by atoms with Crippen molar-refractivity contribution in [2.45, 2.75) is 52.5 Å². The maximum atomic E-state index is 12.2. The van der Waals surface area contributed by atoms with E-state index in [2.05, 4.69) is 39.7 Å². The summed E-state index contributed by atoms with van der Waals surface area (Å²) in [6, 6.07) is 13.7. The molecule has 4 rings (SSSR count). The predicted octanol–water partition coefficient (Wildman–Crippen LogP) is 5.82. The highest BCUT2D eigenvalue weighted by atomic mass is 16.5. The van der Waals surface area contributed by atoms with E-state index in [1.165, 1.54) is 32.1 Å². The molecule has 0 radical (unpaired) electrons. The van der Waals surface area contributed by atoms with Gasteiger partial charge in [-0.25, -0.2) is 9.78 Å². The molecule has 1 aliphatic carbocycles. The van der Waals surface area contributed by atoms with Gasteiger partial charge in [-0.3, -0.25) is 0 Å². The average Bonchev–Trinajstić information content (AvgIpc) is 2.89. The van der Waals surface area contributed by atoms with Crippen LogP contribution in [-0.4, -0.2) is 29.1 Å². The largest absolute Gasteiger partial charge is 0.462 e. The van der Waals surface area contributed by atoms with Crippen molar-refractivity contribution in [2.75, 3.05) is 29.5 Å². The van der Waals surface area contributed by atoms with Crippen LogP contribution in [0, 0.1) is 12.8 Å². The number of carbonyl (C=O) groups is 1. The van der Waals surface area contributed by atoms with E-state index in [9.17, 15) is 4.79 Å². The minimum absolute atomic E-state index is 0.307. The van der Waals surface area contributed by atoms with Crippen molar-refractivity contribution in [3.8, 4) is 11.1 Å². The monoisotopic (exact) mass is 473 g/mol. The van der Waals surface area contributed by atoms with Crippen molar-refractivity contribution in [3.05, 3.63) is 65.4 Å². The second-order valence-electron chi connectivity index (χ2n) is 9.13. The van der Waals surface area contributed by atoms with Crippen LogP contribution in [0.3, 0.4) is 0 Å². The lowest BCUT2D eigenvalue weighted by atomic mass is 9.89. The Morgan fingerprint density at radius 3 is 2.71 bits per heavy atom. The van der Waals surface area contributed by atoms with Gasteiger partial charge in [0, 0.05) is 13.1 Å². The molecule has 1 heterocycles. The maximum absolute atomic E-state index is 12.2. The number of carbonyl (C=O) groups excluding carboxylic acids is 1. The summed E-state index contributed by atoms with van der Waals surface area (Å²) in [5.74, 6) is 1.61. The van der Waals surface area contributed by atoms with E-state index in [1.807, 2.05) is 31.2 Å². The van der Waals surface area contributed by atoms with Gasteiger partial charge in [-0.05, 0) is 67.0 Å². The topological polar surface area (TPSA) is 102 Å². The Morgan fingerprint density at radius 1 is 1.11 bits per heavy atom. The Balaban J connectivity index is 1.45. The van der Waals surface area contributed by atoms with Crippen LogP contribution in [0.25, 0.3) is 11.1 Å². The van der Waals surface area contributed by atoms with Gasteiger partial charge in [0.1, 0.15) is 0 Å². The molecule has 184 valence electrons. The van der Waals surface area contributed by atoms with Gasteiger partial charge in [-0.15, -0.1) is 0 Å². The molecule has 1 fully saturated rings. The van der Waals surface area contributed by atoms with Gasteiger partial charge >= 0.3 is 5.97 Å². The van der Waals surface area contributed by atoms with Crippen LogP contribution in [0.5, 0.6) is 0 Å². The average molecular weight is 474 g/mol. The SMILES string of the molecule is CCOC(=O)c1cccc(-c2cccc(CNc3ncc(N)c(NCC4CCCCC4)n3)c2C)c1.